The van der Waals surface area contributed by atoms with E-state index in [1.165, 1.54) is 14.2 Å². The minimum atomic E-state index is -0.367. The minimum absolute atomic E-state index is 0.135. The lowest BCUT2D eigenvalue weighted by Crippen LogP contribution is -2.29. The molecule has 2 aliphatic rings. The first-order valence-corrected chi connectivity index (χ1v) is 9.76. The van der Waals surface area contributed by atoms with E-state index >= 15 is 0 Å². The SMILES string of the molecule is COc1cc(NC(=O)c2n[nH]c3c2CNCC3)c(C(=O)N2CCCC2)cc1OC. The maximum Gasteiger partial charge on any atom is 0.276 e. The molecule has 0 radical (unpaired) electrons. The Hall–Kier alpha value is -3.07. The molecule has 3 heterocycles. The van der Waals surface area contributed by atoms with Gasteiger partial charge in [0.2, 0.25) is 0 Å². The summed E-state index contributed by atoms with van der Waals surface area (Å²) in [5.41, 5.74) is 2.92. The number of hydrogen-bond donors (Lipinski definition) is 3. The third-order valence-corrected chi connectivity index (χ3v) is 5.42. The molecule has 0 spiro atoms. The van der Waals surface area contributed by atoms with E-state index in [0.717, 1.165) is 37.1 Å². The van der Waals surface area contributed by atoms with E-state index in [2.05, 4.69) is 20.8 Å². The molecule has 1 aromatic heterocycles. The normalized spacial score (nSPS) is 15.7. The molecular formula is C20H25N5O4. The number of H-pyrrole nitrogens is 1. The number of carbonyl (C=O) groups excluding carboxylic acids is 2. The first-order valence-electron chi connectivity index (χ1n) is 9.76. The van der Waals surface area contributed by atoms with Gasteiger partial charge in [-0.25, -0.2) is 0 Å². The van der Waals surface area contributed by atoms with Crippen molar-refractivity contribution in [3.8, 4) is 11.5 Å². The maximum atomic E-state index is 13.1. The average molecular weight is 399 g/mol. The van der Waals surface area contributed by atoms with Gasteiger partial charge in [-0.05, 0) is 18.9 Å². The average Bonchev–Trinajstić information content (AvgIpc) is 3.43. The van der Waals surface area contributed by atoms with Gasteiger partial charge in [-0.2, -0.15) is 5.10 Å². The standard InChI is InChI=1S/C20H25N5O4/c1-28-16-9-12(20(27)25-7-3-4-8-25)15(10-17(16)29-2)22-19(26)18-13-11-21-6-5-14(13)23-24-18/h9-10,21H,3-8,11H2,1-2H3,(H,22,26)(H,23,24). The Morgan fingerprint density at radius 3 is 2.59 bits per heavy atom. The van der Waals surface area contributed by atoms with Gasteiger partial charge in [-0.1, -0.05) is 0 Å². The second-order valence-electron chi connectivity index (χ2n) is 7.16. The number of hydrogen-bond acceptors (Lipinski definition) is 6. The highest BCUT2D eigenvalue weighted by Crippen LogP contribution is 2.35. The molecule has 0 unspecified atom stereocenters. The van der Waals surface area contributed by atoms with Crippen molar-refractivity contribution >= 4 is 17.5 Å². The third kappa shape index (κ3) is 3.65. The highest BCUT2D eigenvalue weighted by molar-refractivity contribution is 6.09. The lowest BCUT2D eigenvalue weighted by Gasteiger charge is -2.20. The monoisotopic (exact) mass is 399 g/mol. The fourth-order valence-corrected chi connectivity index (χ4v) is 3.84. The number of rotatable bonds is 5. The summed E-state index contributed by atoms with van der Waals surface area (Å²) in [5, 5.41) is 13.2. The molecule has 2 aromatic rings. The van der Waals surface area contributed by atoms with E-state index < -0.39 is 0 Å². The largest absolute Gasteiger partial charge is 0.493 e. The van der Waals surface area contributed by atoms with Crippen molar-refractivity contribution in [2.24, 2.45) is 0 Å². The second-order valence-corrected chi connectivity index (χ2v) is 7.16. The zero-order valence-electron chi connectivity index (χ0n) is 16.6. The van der Waals surface area contributed by atoms with Crippen LogP contribution in [0.25, 0.3) is 0 Å². The van der Waals surface area contributed by atoms with Crippen LogP contribution in [0.4, 0.5) is 5.69 Å². The number of amides is 2. The summed E-state index contributed by atoms with van der Waals surface area (Å²) in [4.78, 5) is 27.9. The van der Waals surface area contributed by atoms with Crippen LogP contribution in [-0.2, 0) is 13.0 Å². The Labute approximate surface area is 168 Å². The summed E-state index contributed by atoms with van der Waals surface area (Å²) in [6, 6.07) is 3.24. The van der Waals surface area contributed by atoms with Crippen molar-refractivity contribution in [3.63, 3.8) is 0 Å². The predicted octanol–water partition coefficient (Wildman–Crippen LogP) is 1.56. The molecule has 0 saturated carbocycles. The van der Waals surface area contributed by atoms with Crippen molar-refractivity contribution in [1.82, 2.24) is 20.4 Å². The molecular weight excluding hydrogens is 374 g/mol. The molecule has 154 valence electrons. The number of nitrogens with zero attached hydrogens (tertiary/aromatic N) is 2. The van der Waals surface area contributed by atoms with E-state index in [4.69, 9.17) is 9.47 Å². The van der Waals surface area contributed by atoms with Crippen LogP contribution >= 0.6 is 0 Å². The van der Waals surface area contributed by atoms with E-state index in [1.807, 2.05) is 0 Å². The van der Waals surface area contributed by atoms with Crippen molar-refractivity contribution in [3.05, 3.63) is 34.6 Å². The number of nitrogens with one attached hydrogen (secondary N) is 3. The number of carbonyl (C=O) groups is 2. The lowest BCUT2D eigenvalue weighted by atomic mass is 10.1. The molecule has 0 aliphatic carbocycles. The van der Waals surface area contributed by atoms with E-state index in [1.54, 1.807) is 17.0 Å². The fourth-order valence-electron chi connectivity index (χ4n) is 3.84. The topological polar surface area (TPSA) is 109 Å². The zero-order valence-corrected chi connectivity index (χ0v) is 16.6. The number of ether oxygens (including phenoxy) is 2. The third-order valence-electron chi connectivity index (χ3n) is 5.42. The van der Waals surface area contributed by atoms with Gasteiger partial charge in [-0.3, -0.25) is 14.7 Å². The zero-order chi connectivity index (χ0) is 20.4. The van der Waals surface area contributed by atoms with Crippen LogP contribution in [0.1, 0.15) is 44.9 Å². The highest BCUT2D eigenvalue weighted by Gasteiger charge is 2.27. The Balaban J connectivity index is 1.68. The minimum Gasteiger partial charge on any atom is -0.493 e. The van der Waals surface area contributed by atoms with Crippen molar-refractivity contribution in [1.29, 1.82) is 0 Å². The van der Waals surface area contributed by atoms with Gasteiger partial charge in [0.25, 0.3) is 11.8 Å². The summed E-state index contributed by atoms with van der Waals surface area (Å²) < 4.78 is 10.7. The molecule has 0 bridgehead atoms. The molecule has 9 heteroatoms. The van der Waals surface area contributed by atoms with E-state index in [-0.39, 0.29) is 11.8 Å². The van der Waals surface area contributed by atoms with Gasteiger partial charge in [0.15, 0.2) is 17.2 Å². The quantitative estimate of drug-likeness (QED) is 0.704. The second kappa shape index (κ2) is 8.12. The number of benzene rings is 1. The van der Waals surface area contributed by atoms with Crippen LogP contribution in [0, 0.1) is 0 Å². The molecule has 9 nitrogen and oxygen atoms in total. The van der Waals surface area contributed by atoms with E-state index in [9.17, 15) is 9.59 Å². The Bertz CT molecular complexity index is 933. The molecule has 4 rings (SSSR count). The van der Waals surface area contributed by atoms with Gasteiger partial charge in [0.1, 0.15) is 0 Å². The predicted molar refractivity (Wildman–Crippen MR) is 107 cm³/mol. The number of methoxy groups -OCH3 is 2. The van der Waals surface area contributed by atoms with Gasteiger partial charge < -0.3 is 25.0 Å². The van der Waals surface area contributed by atoms with Gasteiger partial charge in [-0.15, -0.1) is 0 Å². The summed E-state index contributed by atoms with van der Waals surface area (Å²) in [7, 11) is 3.03. The Morgan fingerprint density at radius 2 is 1.86 bits per heavy atom. The van der Waals surface area contributed by atoms with Gasteiger partial charge >= 0.3 is 0 Å². The molecule has 1 aromatic carbocycles. The number of anilines is 1. The molecule has 2 amide bonds. The number of likely N-dealkylation sites (tertiary alicyclic amines) is 1. The first-order chi connectivity index (χ1) is 14.1. The fraction of sp³-hybridized carbons (Fsp3) is 0.450. The lowest BCUT2D eigenvalue weighted by molar-refractivity contribution is 0.0793. The van der Waals surface area contributed by atoms with Crippen molar-refractivity contribution in [2.75, 3.05) is 39.2 Å². The molecule has 29 heavy (non-hydrogen) atoms. The highest BCUT2D eigenvalue weighted by atomic mass is 16.5. The van der Waals surface area contributed by atoms with E-state index in [0.29, 0.717) is 48.1 Å². The Morgan fingerprint density at radius 1 is 1.14 bits per heavy atom. The molecule has 1 saturated heterocycles. The van der Waals surface area contributed by atoms with Crippen LogP contribution in [0.2, 0.25) is 0 Å². The summed E-state index contributed by atoms with van der Waals surface area (Å²) in [6.45, 7) is 2.85. The van der Waals surface area contributed by atoms with Crippen LogP contribution in [0.3, 0.4) is 0 Å². The van der Waals surface area contributed by atoms with Crippen LogP contribution in [-0.4, -0.2) is 60.8 Å². The molecule has 2 aliphatic heterocycles. The molecule has 0 atom stereocenters. The summed E-state index contributed by atoms with van der Waals surface area (Å²) >= 11 is 0. The summed E-state index contributed by atoms with van der Waals surface area (Å²) in [6.07, 6.45) is 2.75. The van der Waals surface area contributed by atoms with Crippen molar-refractivity contribution in [2.45, 2.75) is 25.8 Å². The van der Waals surface area contributed by atoms with Crippen LogP contribution in [0.15, 0.2) is 12.1 Å². The van der Waals surface area contributed by atoms with Gasteiger partial charge in [0, 0.05) is 49.9 Å². The number of aromatic nitrogens is 2. The van der Waals surface area contributed by atoms with Crippen molar-refractivity contribution < 1.29 is 19.1 Å². The number of aromatic amines is 1. The smallest absolute Gasteiger partial charge is 0.276 e. The first kappa shape index (κ1) is 19.3. The van der Waals surface area contributed by atoms with Crippen LogP contribution < -0.4 is 20.1 Å². The Kier molecular flexibility index (Phi) is 5.39. The maximum absolute atomic E-state index is 13.1. The van der Waals surface area contributed by atoms with Crippen LogP contribution in [0.5, 0.6) is 11.5 Å². The molecule has 3 N–H and O–H groups in total. The summed E-state index contributed by atoms with van der Waals surface area (Å²) in [5.74, 6) is 0.374. The number of fused-ring (bicyclic) bond motifs is 1. The van der Waals surface area contributed by atoms with Gasteiger partial charge in [0.05, 0.1) is 25.5 Å². The molecule has 1 fully saturated rings.